The number of nitrogens with zero attached hydrogens (tertiary/aromatic N) is 5. The number of likely N-dealkylation sites (tertiary alicyclic amines) is 1. The standard InChI is InChI=1S/C24H36N6/c1-19-18-26-24(27-23(19)25-11-5-13-29-12-4-6-20(29)2)21-7-9-22(10-8-21)30-16-14-28(3)15-17-30/h7-10,18,20H,4-6,11-17H2,1-3H3,(H,25,26,27)/t20-/m1/s1. The molecule has 2 aliphatic rings. The molecule has 1 aromatic carbocycles. The summed E-state index contributed by atoms with van der Waals surface area (Å²) in [7, 11) is 2.19. The zero-order valence-corrected chi connectivity index (χ0v) is 18.8. The van der Waals surface area contributed by atoms with E-state index in [0.717, 1.165) is 68.0 Å². The molecular weight excluding hydrogens is 372 g/mol. The quantitative estimate of drug-likeness (QED) is 0.708. The lowest BCUT2D eigenvalue weighted by atomic mass is 10.1. The summed E-state index contributed by atoms with van der Waals surface area (Å²) in [5.74, 6) is 1.75. The Kier molecular flexibility index (Phi) is 6.85. The van der Waals surface area contributed by atoms with Crippen LogP contribution in [0.2, 0.25) is 0 Å². The highest BCUT2D eigenvalue weighted by atomic mass is 15.2. The van der Waals surface area contributed by atoms with E-state index >= 15 is 0 Å². The molecule has 4 rings (SSSR count). The van der Waals surface area contributed by atoms with Gasteiger partial charge in [-0.25, -0.2) is 9.97 Å². The van der Waals surface area contributed by atoms with Crippen LogP contribution in [-0.4, -0.2) is 78.7 Å². The number of benzene rings is 1. The molecule has 0 saturated carbocycles. The first kappa shape index (κ1) is 21.1. The van der Waals surface area contributed by atoms with Crippen molar-refractivity contribution in [3.8, 4) is 11.4 Å². The van der Waals surface area contributed by atoms with Gasteiger partial charge >= 0.3 is 0 Å². The molecule has 3 heterocycles. The van der Waals surface area contributed by atoms with E-state index in [1.54, 1.807) is 0 Å². The zero-order chi connectivity index (χ0) is 20.9. The Morgan fingerprint density at radius 2 is 1.83 bits per heavy atom. The Hall–Kier alpha value is -2.18. The summed E-state index contributed by atoms with van der Waals surface area (Å²) in [6.07, 6.45) is 5.76. The van der Waals surface area contributed by atoms with Crippen LogP contribution in [-0.2, 0) is 0 Å². The minimum Gasteiger partial charge on any atom is -0.370 e. The minimum absolute atomic E-state index is 0.742. The maximum Gasteiger partial charge on any atom is 0.161 e. The van der Waals surface area contributed by atoms with E-state index in [0.29, 0.717) is 0 Å². The van der Waals surface area contributed by atoms with Gasteiger partial charge in [0.25, 0.3) is 0 Å². The van der Waals surface area contributed by atoms with Crippen LogP contribution in [0.15, 0.2) is 30.5 Å². The van der Waals surface area contributed by atoms with Gasteiger partial charge in [-0.15, -0.1) is 0 Å². The summed E-state index contributed by atoms with van der Waals surface area (Å²) in [6, 6.07) is 9.45. The molecule has 30 heavy (non-hydrogen) atoms. The van der Waals surface area contributed by atoms with Gasteiger partial charge in [0, 0.05) is 68.3 Å². The summed E-state index contributed by atoms with van der Waals surface area (Å²) in [4.78, 5) is 16.8. The Balaban J connectivity index is 1.35. The molecule has 162 valence electrons. The zero-order valence-electron chi connectivity index (χ0n) is 18.8. The number of rotatable bonds is 7. The molecule has 1 atom stereocenters. The third kappa shape index (κ3) is 5.10. The van der Waals surface area contributed by atoms with Gasteiger partial charge in [0.05, 0.1) is 0 Å². The van der Waals surface area contributed by atoms with E-state index in [1.165, 1.54) is 31.6 Å². The Morgan fingerprint density at radius 3 is 2.53 bits per heavy atom. The van der Waals surface area contributed by atoms with Crippen LogP contribution in [0.1, 0.15) is 31.7 Å². The van der Waals surface area contributed by atoms with Crippen LogP contribution in [0.4, 0.5) is 11.5 Å². The molecule has 0 radical (unpaired) electrons. The van der Waals surface area contributed by atoms with Gasteiger partial charge in [0.15, 0.2) is 5.82 Å². The van der Waals surface area contributed by atoms with Gasteiger partial charge < -0.3 is 20.0 Å². The number of anilines is 2. The second-order valence-corrected chi connectivity index (χ2v) is 8.87. The molecular formula is C24H36N6. The fraction of sp³-hybridized carbons (Fsp3) is 0.583. The molecule has 2 aromatic rings. The van der Waals surface area contributed by atoms with Crippen LogP contribution >= 0.6 is 0 Å². The number of aromatic nitrogens is 2. The second-order valence-electron chi connectivity index (χ2n) is 8.87. The topological polar surface area (TPSA) is 47.5 Å². The fourth-order valence-electron chi connectivity index (χ4n) is 4.46. The van der Waals surface area contributed by atoms with E-state index in [9.17, 15) is 0 Å². The first-order chi connectivity index (χ1) is 14.6. The molecule has 0 aliphatic carbocycles. The molecule has 1 N–H and O–H groups in total. The largest absolute Gasteiger partial charge is 0.370 e. The van der Waals surface area contributed by atoms with Gasteiger partial charge in [-0.2, -0.15) is 0 Å². The Morgan fingerprint density at radius 1 is 1.07 bits per heavy atom. The summed E-state index contributed by atoms with van der Waals surface area (Å²) >= 11 is 0. The van der Waals surface area contributed by atoms with Crippen molar-refractivity contribution in [2.75, 3.05) is 63.1 Å². The molecule has 2 aliphatic heterocycles. The van der Waals surface area contributed by atoms with Crippen LogP contribution in [0.3, 0.4) is 0 Å². The Bertz CT molecular complexity index is 813. The molecule has 0 unspecified atom stereocenters. The van der Waals surface area contributed by atoms with E-state index < -0.39 is 0 Å². The highest BCUT2D eigenvalue weighted by molar-refractivity contribution is 5.62. The van der Waals surface area contributed by atoms with Crippen LogP contribution in [0.5, 0.6) is 0 Å². The van der Waals surface area contributed by atoms with Crippen LogP contribution in [0, 0.1) is 6.92 Å². The van der Waals surface area contributed by atoms with Crippen molar-refractivity contribution < 1.29 is 0 Å². The molecule has 0 bridgehead atoms. The van der Waals surface area contributed by atoms with Crippen molar-refractivity contribution in [1.29, 1.82) is 0 Å². The van der Waals surface area contributed by atoms with Gasteiger partial charge in [-0.05, 0) is 71.0 Å². The van der Waals surface area contributed by atoms with Crippen molar-refractivity contribution in [3.05, 3.63) is 36.0 Å². The highest BCUT2D eigenvalue weighted by Gasteiger charge is 2.19. The maximum absolute atomic E-state index is 4.82. The average Bonchev–Trinajstić information content (AvgIpc) is 3.18. The van der Waals surface area contributed by atoms with Crippen molar-refractivity contribution in [2.24, 2.45) is 0 Å². The molecule has 1 aromatic heterocycles. The number of aryl methyl sites for hydroxylation is 1. The molecule has 6 heteroatoms. The second kappa shape index (κ2) is 9.75. The lowest BCUT2D eigenvalue weighted by Gasteiger charge is -2.34. The molecule has 6 nitrogen and oxygen atoms in total. The van der Waals surface area contributed by atoms with Crippen molar-refractivity contribution in [3.63, 3.8) is 0 Å². The molecule has 0 amide bonds. The van der Waals surface area contributed by atoms with Gasteiger partial charge in [0.2, 0.25) is 0 Å². The monoisotopic (exact) mass is 408 g/mol. The number of hydrogen-bond acceptors (Lipinski definition) is 6. The van der Waals surface area contributed by atoms with Gasteiger partial charge in [-0.1, -0.05) is 0 Å². The molecule has 0 spiro atoms. The summed E-state index contributed by atoms with van der Waals surface area (Å²) in [5.41, 5.74) is 3.46. The lowest BCUT2D eigenvalue weighted by Crippen LogP contribution is -2.44. The number of hydrogen-bond donors (Lipinski definition) is 1. The van der Waals surface area contributed by atoms with E-state index in [2.05, 4.69) is 70.2 Å². The van der Waals surface area contributed by atoms with Gasteiger partial charge in [-0.3, -0.25) is 0 Å². The van der Waals surface area contributed by atoms with Crippen LogP contribution < -0.4 is 10.2 Å². The van der Waals surface area contributed by atoms with Crippen LogP contribution in [0.25, 0.3) is 11.4 Å². The van der Waals surface area contributed by atoms with Crippen molar-refractivity contribution in [1.82, 2.24) is 19.8 Å². The number of piperazine rings is 1. The highest BCUT2D eigenvalue weighted by Crippen LogP contribution is 2.23. The minimum atomic E-state index is 0.742. The number of nitrogens with one attached hydrogen (secondary N) is 1. The summed E-state index contributed by atoms with van der Waals surface area (Å²) < 4.78 is 0. The average molecular weight is 409 g/mol. The summed E-state index contributed by atoms with van der Waals surface area (Å²) in [6.45, 7) is 12.2. The predicted octanol–water partition coefficient (Wildman–Crippen LogP) is 3.49. The SMILES string of the molecule is Cc1cnc(-c2ccc(N3CCN(C)CC3)cc2)nc1NCCCN1CCC[C@H]1C. The van der Waals surface area contributed by atoms with E-state index in [-0.39, 0.29) is 0 Å². The molecule has 2 fully saturated rings. The number of likely N-dealkylation sites (N-methyl/N-ethyl adjacent to an activating group) is 1. The summed E-state index contributed by atoms with van der Waals surface area (Å²) in [5, 5.41) is 3.54. The van der Waals surface area contributed by atoms with E-state index in [4.69, 9.17) is 4.98 Å². The smallest absolute Gasteiger partial charge is 0.161 e. The first-order valence-electron chi connectivity index (χ1n) is 11.5. The fourth-order valence-corrected chi connectivity index (χ4v) is 4.46. The predicted molar refractivity (Wildman–Crippen MR) is 125 cm³/mol. The lowest BCUT2D eigenvalue weighted by molar-refractivity contribution is 0.268. The van der Waals surface area contributed by atoms with Crippen molar-refractivity contribution >= 4 is 11.5 Å². The first-order valence-corrected chi connectivity index (χ1v) is 11.5. The maximum atomic E-state index is 4.82. The van der Waals surface area contributed by atoms with Gasteiger partial charge in [0.1, 0.15) is 5.82 Å². The van der Waals surface area contributed by atoms with Crippen molar-refractivity contribution in [2.45, 2.75) is 39.2 Å². The normalized spacial score (nSPS) is 20.6. The van der Waals surface area contributed by atoms with E-state index in [1.807, 2.05) is 6.20 Å². The third-order valence-corrected chi connectivity index (χ3v) is 6.57. The molecule has 2 saturated heterocycles. The third-order valence-electron chi connectivity index (χ3n) is 6.57. The Labute approximate surface area is 181 Å².